The van der Waals surface area contributed by atoms with Crippen LogP contribution in [-0.4, -0.2) is 49.2 Å². The molecule has 98 valence electrons. The average molecular weight is 262 g/mol. The first-order valence-corrected chi connectivity index (χ1v) is 6.68. The van der Waals surface area contributed by atoms with Crippen LogP contribution in [0.4, 0.5) is 5.82 Å². The molecule has 0 aliphatic heterocycles. The second-order valence-corrected chi connectivity index (χ2v) is 5.52. The van der Waals surface area contributed by atoms with E-state index in [2.05, 4.69) is 10.2 Å². The molecular formula is C9H18N4O3S. The van der Waals surface area contributed by atoms with E-state index in [9.17, 15) is 8.42 Å². The molecular weight excluding hydrogens is 244 g/mol. The molecule has 7 nitrogen and oxygen atoms in total. The summed E-state index contributed by atoms with van der Waals surface area (Å²) in [5.41, 5.74) is 5.54. The van der Waals surface area contributed by atoms with E-state index in [1.807, 2.05) is 0 Å². The summed E-state index contributed by atoms with van der Waals surface area (Å²) in [6.45, 7) is 4.21. The van der Waals surface area contributed by atoms with Crippen LogP contribution in [0.25, 0.3) is 0 Å². The quantitative estimate of drug-likeness (QED) is 0.753. The van der Waals surface area contributed by atoms with Gasteiger partial charge >= 0.3 is 0 Å². The SMILES string of the molecule is CCN(C(C)COC)S(=O)(=O)c1cn[nH]c1N. The smallest absolute Gasteiger partial charge is 0.248 e. The molecule has 0 aromatic carbocycles. The standard InChI is InChI=1S/C9H18N4O3S/c1-4-13(7(2)6-16-3)17(14,15)8-5-11-12-9(8)10/h5,7H,4,6H2,1-3H3,(H3,10,11,12). The van der Waals surface area contributed by atoms with Gasteiger partial charge in [0.15, 0.2) is 0 Å². The molecule has 1 heterocycles. The molecule has 1 aromatic heterocycles. The number of nitrogen functional groups attached to an aromatic ring is 1. The van der Waals surface area contributed by atoms with Gasteiger partial charge in [0.05, 0.1) is 12.8 Å². The average Bonchev–Trinajstić information content (AvgIpc) is 2.66. The summed E-state index contributed by atoms with van der Waals surface area (Å²) in [7, 11) is -2.09. The monoisotopic (exact) mass is 262 g/mol. The number of hydrogen-bond donors (Lipinski definition) is 2. The van der Waals surface area contributed by atoms with Gasteiger partial charge in [0.1, 0.15) is 10.7 Å². The summed E-state index contributed by atoms with van der Waals surface area (Å²) >= 11 is 0. The lowest BCUT2D eigenvalue weighted by molar-refractivity contribution is 0.142. The van der Waals surface area contributed by atoms with Crippen LogP contribution in [0.2, 0.25) is 0 Å². The number of likely N-dealkylation sites (N-methyl/N-ethyl adjacent to an activating group) is 1. The van der Waals surface area contributed by atoms with Crippen LogP contribution in [0.3, 0.4) is 0 Å². The van der Waals surface area contributed by atoms with E-state index in [1.165, 1.54) is 17.6 Å². The number of nitrogens with two attached hydrogens (primary N) is 1. The molecule has 0 spiro atoms. The van der Waals surface area contributed by atoms with Crippen molar-refractivity contribution >= 4 is 15.8 Å². The van der Waals surface area contributed by atoms with Crippen molar-refractivity contribution in [2.45, 2.75) is 24.8 Å². The Bertz CT molecular complexity index is 457. The van der Waals surface area contributed by atoms with E-state index in [-0.39, 0.29) is 16.8 Å². The third-order valence-electron chi connectivity index (χ3n) is 2.43. The third kappa shape index (κ3) is 2.76. The number of hydrogen-bond acceptors (Lipinski definition) is 5. The molecule has 0 radical (unpaired) electrons. The Morgan fingerprint density at radius 2 is 2.29 bits per heavy atom. The van der Waals surface area contributed by atoms with E-state index in [1.54, 1.807) is 13.8 Å². The highest BCUT2D eigenvalue weighted by Gasteiger charge is 2.30. The number of nitrogens with one attached hydrogen (secondary N) is 1. The Labute approximate surface area is 101 Å². The highest BCUT2D eigenvalue weighted by Crippen LogP contribution is 2.21. The minimum absolute atomic E-state index is 0.00213. The number of anilines is 1. The van der Waals surface area contributed by atoms with Gasteiger partial charge in [0.2, 0.25) is 10.0 Å². The van der Waals surface area contributed by atoms with Gasteiger partial charge in [-0.1, -0.05) is 6.92 Å². The lowest BCUT2D eigenvalue weighted by Gasteiger charge is -2.26. The molecule has 3 N–H and O–H groups in total. The summed E-state index contributed by atoms with van der Waals surface area (Å²) < 4.78 is 30.9. The zero-order valence-electron chi connectivity index (χ0n) is 10.2. The molecule has 0 aliphatic rings. The van der Waals surface area contributed by atoms with Crippen LogP contribution < -0.4 is 5.73 Å². The van der Waals surface area contributed by atoms with Crippen LogP contribution in [-0.2, 0) is 14.8 Å². The Hall–Kier alpha value is -1.12. The van der Waals surface area contributed by atoms with E-state index in [0.29, 0.717) is 13.2 Å². The molecule has 0 saturated heterocycles. The molecule has 1 unspecified atom stereocenters. The van der Waals surface area contributed by atoms with E-state index < -0.39 is 10.0 Å². The highest BCUT2D eigenvalue weighted by molar-refractivity contribution is 7.89. The van der Waals surface area contributed by atoms with Gasteiger partial charge in [-0.25, -0.2) is 8.42 Å². The Morgan fingerprint density at radius 3 is 2.71 bits per heavy atom. The molecule has 17 heavy (non-hydrogen) atoms. The van der Waals surface area contributed by atoms with Crippen LogP contribution >= 0.6 is 0 Å². The highest BCUT2D eigenvalue weighted by atomic mass is 32.2. The fourth-order valence-electron chi connectivity index (χ4n) is 1.66. The number of nitrogens with zero attached hydrogens (tertiary/aromatic N) is 2. The summed E-state index contributed by atoms with van der Waals surface area (Å²) in [5.74, 6) is 0.0491. The van der Waals surface area contributed by atoms with Crippen molar-refractivity contribution in [2.75, 3.05) is 26.0 Å². The van der Waals surface area contributed by atoms with Gasteiger partial charge in [-0.15, -0.1) is 0 Å². The van der Waals surface area contributed by atoms with Gasteiger partial charge in [0, 0.05) is 19.7 Å². The van der Waals surface area contributed by atoms with Gasteiger partial charge in [0.25, 0.3) is 0 Å². The second-order valence-electron chi connectivity index (χ2n) is 3.66. The van der Waals surface area contributed by atoms with E-state index in [0.717, 1.165) is 0 Å². The first-order valence-electron chi connectivity index (χ1n) is 5.24. The molecule has 0 aliphatic carbocycles. The number of aromatic amines is 1. The van der Waals surface area contributed by atoms with Crippen LogP contribution in [0.1, 0.15) is 13.8 Å². The molecule has 0 fully saturated rings. The van der Waals surface area contributed by atoms with Crippen molar-refractivity contribution in [2.24, 2.45) is 0 Å². The van der Waals surface area contributed by atoms with Crippen molar-refractivity contribution in [3.05, 3.63) is 6.20 Å². The predicted octanol–water partition coefficient (Wildman–Crippen LogP) is 0.0374. The van der Waals surface area contributed by atoms with Crippen molar-refractivity contribution in [1.29, 1.82) is 0 Å². The minimum atomic E-state index is -3.63. The first kappa shape index (κ1) is 13.9. The van der Waals surface area contributed by atoms with Crippen molar-refractivity contribution in [3.8, 4) is 0 Å². The zero-order chi connectivity index (χ0) is 13.1. The van der Waals surface area contributed by atoms with Crippen molar-refractivity contribution in [1.82, 2.24) is 14.5 Å². The summed E-state index contributed by atoms with van der Waals surface area (Å²) in [6.07, 6.45) is 1.22. The van der Waals surface area contributed by atoms with Gasteiger partial charge < -0.3 is 10.5 Å². The normalized spacial score (nSPS) is 14.1. The van der Waals surface area contributed by atoms with Crippen LogP contribution in [0.5, 0.6) is 0 Å². The first-order chi connectivity index (χ1) is 7.95. The van der Waals surface area contributed by atoms with Crippen molar-refractivity contribution < 1.29 is 13.2 Å². The number of sulfonamides is 1. The predicted molar refractivity (Wildman–Crippen MR) is 63.9 cm³/mol. The van der Waals surface area contributed by atoms with Gasteiger partial charge in [-0.05, 0) is 6.92 Å². The van der Waals surface area contributed by atoms with Gasteiger partial charge in [-0.3, -0.25) is 5.10 Å². The molecule has 0 saturated carbocycles. The summed E-state index contributed by atoms with van der Waals surface area (Å²) in [6, 6.07) is -0.260. The Balaban J connectivity index is 3.07. The number of ether oxygens (including phenoxy) is 1. The lowest BCUT2D eigenvalue weighted by atomic mass is 10.4. The maximum Gasteiger partial charge on any atom is 0.248 e. The van der Waals surface area contributed by atoms with Crippen LogP contribution in [0, 0.1) is 0 Å². The Morgan fingerprint density at radius 1 is 1.65 bits per heavy atom. The van der Waals surface area contributed by atoms with Crippen molar-refractivity contribution in [3.63, 3.8) is 0 Å². The number of methoxy groups -OCH3 is 1. The minimum Gasteiger partial charge on any atom is -0.383 e. The summed E-state index contributed by atoms with van der Waals surface area (Å²) in [5, 5.41) is 6.04. The number of rotatable bonds is 6. The second kappa shape index (κ2) is 5.48. The van der Waals surface area contributed by atoms with E-state index >= 15 is 0 Å². The number of aromatic nitrogens is 2. The maximum absolute atomic E-state index is 12.3. The third-order valence-corrected chi connectivity index (χ3v) is 4.55. The molecule has 0 bridgehead atoms. The molecule has 1 atom stereocenters. The van der Waals surface area contributed by atoms with E-state index in [4.69, 9.17) is 10.5 Å². The molecule has 0 amide bonds. The summed E-state index contributed by atoms with van der Waals surface area (Å²) in [4.78, 5) is 0.00213. The number of H-pyrrole nitrogens is 1. The lowest BCUT2D eigenvalue weighted by Crippen LogP contribution is -2.40. The molecule has 1 rings (SSSR count). The zero-order valence-corrected chi connectivity index (χ0v) is 11.0. The largest absolute Gasteiger partial charge is 0.383 e. The fraction of sp³-hybridized carbons (Fsp3) is 0.667. The van der Waals surface area contributed by atoms with Crippen LogP contribution in [0.15, 0.2) is 11.1 Å². The molecule has 8 heteroatoms. The molecule has 1 aromatic rings. The Kier molecular flexibility index (Phi) is 4.49. The topological polar surface area (TPSA) is 101 Å². The maximum atomic E-state index is 12.3. The van der Waals surface area contributed by atoms with Gasteiger partial charge in [-0.2, -0.15) is 9.40 Å². The fourth-order valence-corrected chi connectivity index (χ4v) is 3.30.